The van der Waals surface area contributed by atoms with Gasteiger partial charge in [-0.15, -0.1) is 0 Å². The maximum atomic E-state index is 13.3. The third-order valence-electron chi connectivity index (χ3n) is 6.39. The summed E-state index contributed by atoms with van der Waals surface area (Å²) in [5.74, 6) is -1.26. The topological polar surface area (TPSA) is 60.9 Å². The standard InChI is InChI=1S/C28H36N2O3/c1-18-11-8-9-12-21(18)24-23(26(32)27(33)30(24)16-10-15-29(6)7)25(31)22-17-20(28(3,4)5)14-13-19(22)2/h8-9,11-14,17,24,31H,10,15-16H2,1-7H3/b25-23+. The predicted octanol–water partition coefficient (Wildman–Crippen LogP) is 4.97. The minimum atomic E-state index is -0.619. The van der Waals surface area contributed by atoms with Gasteiger partial charge in [0.2, 0.25) is 0 Å². The molecule has 0 spiro atoms. The summed E-state index contributed by atoms with van der Waals surface area (Å²) in [6, 6.07) is 13.1. The number of rotatable bonds is 6. The highest BCUT2D eigenvalue weighted by Gasteiger charge is 2.46. The van der Waals surface area contributed by atoms with Crippen LogP contribution in [0.15, 0.2) is 48.0 Å². The number of nitrogens with zero attached hydrogens (tertiary/aromatic N) is 2. The van der Waals surface area contributed by atoms with Gasteiger partial charge in [-0.3, -0.25) is 9.59 Å². The molecule has 1 fully saturated rings. The molecule has 1 atom stereocenters. The lowest BCUT2D eigenvalue weighted by molar-refractivity contribution is -0.139. The molecule has 1 N–H and O–H groups in total. The molecule has 0 aromatic heterocycles. The summed E-state index contributed by atoms with van der Waals surface area (Å²) in [5, 5.41) is 11.5. The fourth-order valence-corrected chi connectivity index (χ4v) is 4.37. The summed E-state index contributed by atoms with van der Waals surface area (Å²) in [7, 11) is 3.97. The van der Waals surface area contributed by atoms with Crippen molar-refractivity contribution in [3.63, 3.8) is 0 Å². The SMILES string of the molecule is Cc1ccc(C(C)(C)C)cc1/C(O)=C1\C(=O)C(=O)N(CCCN(C)C)C1c1ccccc1C. The molecule has 0 aliphatic carbocycles. The Morgan fingerprint density at radius 2 is 1.70 bits per heavy atom. The fraction of sp³-hybridized carbons (Fsp3) is 0.429. The fourth-order valence-electron chi connectivity index (χ4n) is 4.37. The van der Waals surface area contributed by atoms with Gasteiger partial charge >= 0.3 is 0 Å². The summed E-state index contributed by atoms with van der Waals surface area (Å²) in [4.78, 5) is 30.1. The number of ketones is 1. The second-order valence-electron chi connectivity index (χ2n) is 10.3. The summed E-state index contributed by atoms with van der Waals surface area (Å²) < 4.78 is 0. The molecule has 2 aromatic carbocycles. The number of Topliss-reactive ketones (excluding diaryl/α,β-unsaturated/α-hetero) is 1. The van der Waals surface area contributed by atoms with Crippen LogP contribution in [0.3, 0.4) is 0 Å². The molecule has 176 valence electrons. The summed E-state index contributed by atoms with van der Waals surface area (Å²) in [5.41, 5.74) is 4.43. The van der Waals surface area contributed by atoms with Crippen molar-refractivity contribution in [3.8, 4) is 0 Å². The van der Waals surface area contributed by atoms with Crippen molar-refractivity contribution in [2.75, 3.05) is 27.2 Å². The second-order valence-corrected chi connectivity index (χ2v) is 10.3. The number of aliphatic hydroxyl groups is 1. The van der Waals surface area contributed by atoms with Crippen LogP contribution < -0.4 is 0 Å². The lowest BCUT2D eigenvalue weighted by atomic mass is 9.84. The zero-order valence-corrected chi connectivity index (χ0v) is 20.9. The van der Waals surface area contributed by atoms with Gasteiger partial charge in [-0.05, 0) is 74.6 Å². The van der Waals surface area contributed by atoms with Crippen LogP contribution in [-0.4, -0.2) is 53.8 Å². The summed E-state index contributed by atoms with van der Waals surface area (Å²) in [6.45, 7) is 11.5. The monoisotopic (exact) mass is 448 g/mol. The van der Waals surface area contributed by atoms with Crippen molar-refractivity contribution < 1.29 is 14.7 Å². The predicted molar refractivity (Wildman–Crippen MR) is 133 cm³/mol. The average Bonchev–Trinajstić information content (AvgIpc) is 2.98. The molecule has 1 aliphatic rings. The second kappa shape index (κ2) is 9.52. The molecule has 0 radical (unpaired) electrons. The minimum absolute atomic E-state index is 0.0969. The van der Waals surface area contributed by atoms with E-state index in [-0.39, 0.29) is 16.7 Å². The van der Waals surface area contributed by atoms with E-state index >= 15 is 0 Å². The molecule has 33 heavy (non-hydrogen) atoms. The van der Waals surface area contributed by atoms with E-state index in [1.54, 1.807) is 4.90 Å². The molecule has 1 saturated heterocycles. The highest BCUT2D eigenvalue weighted by Crippen LogP contribution is 2.41. The summed E-state index contributed by atoms with van der Waals surface area (Å²) >= 11 is 0. The van der Waals surface area contributed by atoms with E-state index < -0.39 is 17.7 Å². The highest BCUT2D eigenvalue weighted by atomic mass is 16.3. The van der Waals surface area contributed by atoms with Gasteiger partial charge in [0.1, 0.15) is 5.76 Å². The highest BCUT2D eigenvalue weighted by molar-refractivity contribution is 6.46. The Balaban J connectivity index is 2.19. The Kier molecular flexibility index (Phi) is 7.13. The van der Waals surface area contributed by atoms with Crippen molar-refractivity contribution in [3.05, 3.63) is 75.9 Å². The molecule has 0 saturated carbocycles. The van der Waals surface area contributed by atoms with E-state index in [2.05, 4.69) is 25.7 Å². The van der Waals surface area contributed by atoms with Crippen LogP contribution in [-0.2, 0) is 15.0 Å². The third-order valence-corrected chi connectivity index (χ3v) is 6.39. The number of likely N-dealkylation sites (tertiary alicyclic amines) is 1. The Hall–Kier alpha value is -2.92. The zero-order chi connectivity index (χ0) is 24.5. The number of benzene rings is 2. The average molecular weight is 449 g/mol. The molecule has 1 amide bonds. The minimum Gasteiger partial charge on any atom is -0.507 e. The number of hydrogen-bond donors (Lipinski definition) is 1. The van der Waals surface area contributed by atoms with Crippen LogP contribution in [0.2, 0.25) is 0 Å². The normalized spacial score (nSPS) is 18.4. The van der Waals surface area contributed by atoms with E-state index in [0.29, 0.717) is 12.1 Å². The Morgan fingerprint density at radius 3 is 2.30 bits per heavy atom. The molecule has 5 heteroatoms. The van der Waals surface area contributed by atoms with E-state index in [0.717, 1.165) is 35.2 Å². The van der Waals surface area contributed by atoms with Gasteiger partial charge in [-0.2, -0.15) is 0 Å². The quantitative estimate of drug-likeness (QED) is 0.385. The smallest absolute Gasteiger partial charge is 0.295 e. The van der Waals surface area contributed by atoms with Gasteiger partial charge in [0, 0.05) is 12.1 Å². The molecule has 0 bridgehead atoms. The zero-order valence-electron chi connectivity index (χ0n) is 20.9. The van der Waals surface area contributed by atoms with Crippen molar-refractivity contribution in [1.82, 2.24) is 9.80 Å². The van der Waals surface area contributed by atoms with Crippen LogP contribution in [0.25, 0.3) is 5.76 Å². The van der Waals surface area contributed by atoms with E-state index in [1.807, 2.05) is 70.4 Å². The van der Waals surface area contributed by atoms with Gasteiger partial charge in [0.15, 0.2) is 0 Å². The Morgan fingerprint density at radius 1 is 1.03 bits per heavy atom. The van der Waals surface area contributed by atoms with Gasteiger partial charge < -0.3 is 14.9 Å². The first-order chi connectivity index (χ1) is 15.4. The van der Waals surface area contributed by atoms with Crippen LogP contribution in [0.5, 0.6) is 0 Å². The number of carbonyl (C=O) groups is 2. The van der Waals surface area contributed by atoms with Gasteiger partial charge in [0.25, 0.3) is 11.7 Å². The van der Waals surface area contributed by atoms with Crippen molar-refractivity contribution in [2.24, 2.45) is 0 Å². The Labute approximate surface area is 197 Å². The van der Waals surface area contributed by atoms with E-state index in [4.69, 9.17) is 0 Å². The molecule has 3 rings (SSSR count). The van der Waals surface area contributed by atoms with Gasteiger partial charge in [-0.1, -0.05) is 57.2 Å². The molecular formula is C28H36N2O3. The van der Waals surface area contributed by atoms with E-state index in [9.17, 15) is 14.7 Å². The first-order valence-electron chi connectivity index (χ1n) is 11.5. The Bertz CT molecular complexity index is 1090. The lowest BCUT2D eigenvalue weighted by Crippen LogP contribution is -2.32. The number of aliphatic hydroxyl groups excluding tert-OH is 1. The van der Waals surface area contributed by atoms with Gasteiger partial charge in [-0.25, -0.2) is 0 Å². The molecule has 1 unspecified atom stereocenters. The van der Waals surface area contributed by atoms with Gasteiger partial charge in [0.05, 0.1) is 11.6 Å². The maximum absolute atomic E-state index is 13.3. The number of aryl methyl sites for hydroxylation is 2. The molecule has 5 nitrogen and oxygen atoms in total. The molecular weight excluding hydrogens is 412 g/mol. The van der Waals surface area contributed by atoms with Crippen molar-refractivity contribution >= 4 is 17.4 Å². The first-order valence-corrected chi connectivity index (χ1v) is 11.5. The first kappa shape index (κ1) is 24.7. The van der Waals surface area contributed by atoms with E-state index in [1.165, 1.54) is 0 Å². The number of carbonyl (C=O) groups excluding carboxylic acids is 2. The number of amides is 1. The largest absolute Gasteiger partial charge is 0.507 e. The summed E-state index contributed by atoms with van der Waals surface area (Å²) in [6.07, 6.45) is 0.737. The molecule has 2 aromatic rings. The lowest BCUT2D eigenvalue weighted by Gasteiger charge is -2.27. The van der Waals surface area contributed by atoms with Crippen LogP contribution in [0.4, 0.5) is 0 Å². The van der Waals surface area contributed by atoms with Crippen LogP contribution in [0.1, 0.15) is 61.1 Å². The van der Waals surface area contributed by atoms with Crippen molar-refractivity contribution in [1.29, 1.82) is 0 Å². The van der Waals surface area contributed by atoms with Crippen LogP contribution in [0, 0.1) is 13.8 Å². The third kappa shape index (κ3) is 5.03. The number of hydrogen-bond acceptors (Lipinski definition) is 4. The molecule has 1 heterocycles. The van der Waals surface area contributed by atoms with Crippen molar-refractivity contribution in [2.45, 2.75) is 52.5 Å². The maximum Gasteiger partial charge on any atom is 0.295 e. The molecule has 1 aliphatic heterocycles. The van der Waals surface area contributed by atoms with Crippen LogP contribution >= 0.6 is 0 Å².